The summed E-state index contributed by atoms with van der Waals surface area (Å²) in [7, 11) is 0. The number of anilines is 1. The number of hydrogen-bond donors (Lipinski definition) is 1. The van der Waals surface area contributed by atoms with Gasteiger partial charge in [0.25, 0.3) is 0 Å². The number of benzene rings is 3. The maximum absolute atomic E-state index is 12.5. The van der Waals surface area contributed by atoms with Crippen molar-refractivity contribution in [1.82, 2.24) is 14.8 Å². The average Bonchev–Trinajstić information content (AvgIpc) is 3.19. The van der Waals surface area contributed by atoms with E-state index in [9.17, 15) is 4.79 Å². The number of carbonyl (C=O) groups is 1. The molecule has 1 amide bonds. The molecule has 0 unspecified atom stereocenters. The summed E-state index contributed by atoms with van der Waals surface area (Å²) >= 11 is 7.40. The molecule has 0 radical (unpaired) electrons. The van der Waals surface area contributed by atoms with Crippen LogP contribution in [0.25, 0.3) is 17.1 Å². The van der Waals surface area contributed by atoms with Crippen molar-refractivity contribution in [3.8, 4) is 17.1 Å². The zero-order valence-electron chi connectivity index (χ0n) is 16.2. The Morgan fingerprint density at radius 2 is 1.67 bits per heavy atom. The highest BCUT2D eigenvalue weighted by atomic mass is 35.5. The Hall–Kier alpha value is -3.09. The molecule has 0 saturated carbocycles. The van der Waals surface area contributed by atoms with Crippen molar-refractivity contribution >= 4 is 35.0 Å². The van der Waals surface area contributed by atoms with Crippen LogP contribution in [0.5, 0.6) is 0 Å². The van der Waals surface area contributed by atoms with E-state index in [1.807, 2.05) is 90.4 Å². The first kappa shape index (κ1) is 20.2. The largest absolute Gasteiger partial charge is 0.325 e. The number of carbonyl (C=O) groups excluding carboxylic acids is 1. The van der Waals surface area contributed by atoms with Gasteiger partial charge >= 0.3 is 0 Å². The lowest BCUT2D eigenvalue weighted by Crippen LogP contribution is -2.15. The van der Waals surface area contributed by atoms with Gasteiger partial charge in [-0.3, -0.25) is 9.36 Å². The van der Waals surface area contributed by atoms with Gasteiger partial charge in [0, 0.05) is 22.0 Å². The lowest BCUT2D eigenvalue weighted by Gasteiger charge is -2.11. The molecule has 1 N–H and O–H groups in total. The highest BCUT2D eigenvalue weighted by molar-refractivity contribution is 7.99. The maximum atomic E-state index is 12.5. The van der Waals surface area contributed by atoms with E-state index in [-0.39, 0.29) is 11.7 Å². The SMILES string of the molecule is Cc1ccccc1NC(=O)CSc1nnc(-c2ccccc2)n1-c1ccc(Cl)cc1. The Bertz CT molecular complexity index is 1160. The Labute approximate surface area is 184 Å². The van der Waals surface area contributed by atoms with Gasteiger partial charge in [-0.15, -0.1) is 10.2 Å². The molecule has 0 saturated heterocycles. The molecule has 0 aliphatic rings. The van der Waals surface area contributed by atoms with Crippen LogP contribution in [-0.4, -0.2) is 26.4 Å². The van der Waals surface area contributed by atoms with Crippen molar-refractivity contribution in [3.63, 3.8) is 0 Å². The van der Waals surface area contributed by atoms with Crippen molar-refractivity contribution in [2.75, 3.05) is 11.1 Å². The molecular weight excluding hydrogens is 416 g/mol. The third kappa shape index (κ3) is 4.56. The molecule has 4 rings (SSSR count). The first-order valence-corrected chi connectivity index (χ1v) is 10.7. The van der Waals surface area contributed by atoms with Crippen LogP contribution < -0.4 is 5.32 Å². The molecule has 30 heavy (non-hydrogen) atoms. The molecule has 1 aromatic heterocycles. The van der Waals surface area contributed by atoms with Crippen LogP contribution in [0.15, 0.2) is 84.0 Å². The first-order chi connectivity index (χ1) is 14.6. The van der Waals surface area contributed by atoms with E-state index >= 15 is 0 Å². The number of aryl methyl sites for hydroxylation is 1. The van der Waals surface area contributed by atoms with Crippen molar-refractivity contribution in [2.45, 2.75) is 12.1 Å². The van der Waals surface area contributed by atoms with E-state index in [0.717, 1.165) is 22.5 Å². The number of para-hydroxylation sites is 1. The van der Waals surface area contributed by atoms with Gasteiger partial charge in [-0.25, -0.2) is 0 Å². The molecule has 0 atom stereocenters. The number of hydrogen-bond acceptors (Lipinski definition) is 4. The fraction of sp³-hybridized carbons (Fsp3) is 0.0870. The van der Waals surface area contributed by atoms with Crippen LogP contribution in [0.3, 0.4) is 0 Å². The van der Waals surface area contributed by atoms with Crippen LogP contribution >= 0.6 is 23.4 Å². The van der Waals surface area contributed by atoms with Gasteiger partial charge in [0.05, 0.1) is 5.75 Å². The van der Waals surface area contributed by atoms with E-state index in [1.165, 1.54) is 11.8 Å². The molecule has 0 aliphatic heterocycles. The molecule has 0 aliphatic carbocycles. The zero-order valence-corrected chi connectivity index (χ0v) is 17.8. The second-order valence-corrected chi connectivity index (χ2v) is 8.01. The van der Waals surface area contributed by atoms with E-state index in [2.05, 4.69) is 15.5 Å². The topological polar surface area (TPSA) is 59.8 Å². The molecular formula is C23H19ClN4OS. The van der Waals surface area contributed by atoms with E-state index in [4.69, 9.17) is 11.6 Å². The van der Waals surface area contributed by atoms with Crippen LogP contribution in [0, 0.1) is 6.92 Å². The molecule has 7 heteroatoms. The van der Waals surface area contributed by atoms with Crippen LogP contribution in [-0.2, 0) is 4.79 Å². The van der Waals surface area contributed by atoms with Gasteiger partial charge in [0.2, 0.25) is 5.91 Å². The van der Waals surface area contributed by atoms with Crippen LogP contribution in [0.1, 0.15) is 5.56 Å². The van der Waals surface area contributed by atoms with Crippen molar-refractivity contribution in [1.29, 1.82) is 0 Å². The molecule has 0 bridgehead atoms. The fourth-order valence-corrected chi connectivity index (χ4v) is 3.87. The summed E-state index contributed by atoms with van der Waals surface area (Å²) in [6.45, 7) is 1.96. The standard InChI is InChI=1S/C23H19ClN4OS/c1-16-7-5-6-10-20(16)25-21(29)15-30-23-27-26-22(17-8-3-2-4-9-17)28(23)19-13-11-18(24)12-14-19/h2-14H,15H2,1H3,(H,25,29). The molecule has 1 heterocycles. The number of thioether (sulfide) groups is 1. The highest BCUT2D eigenvalue weighted by Crippen LogP contribution is 2.28. The number of nitrogens with zero attached hydrogens (tertiary/aromatic N) is 3. The Kier molecular flexibility index (Phi) is 6.16. The fourth-order valence-electron chi connectivity index (χ4n) is 2.99. The number of amides is 1. The summed E-state index contributed by atoms with van der Waals surface area (Å²) in [6, 6.07) is 25.0. The zero-order chi connectivity index (χ0) is 20.9. The minimum atomic E-state index is -0.0961. The molecule has 5 nitrogen and oxygen atoms in total. The second kappa shape index (κ2) is 9.15. The highest BCUT2D eigenvalue weighted by Gasteiger charge is 2.17. The summed E-state index contributed by atoms with van der Waals surface area (Å²) in [6.07, 6.45) is 0. The van der Waals surface area contributed by atoms with Gasteiger partial charge in [-0.05, 0) is 42.8 Å². The summed E-state index contributed by atoms with van der Waals surface area (Å²) in [5.41, 5.74) is 3.65. The monoisotopic (exact) mass is 434 g/mol. The summed E-state index contributed by atoms with van der Waals surface area (Å²) in [5, 5.41) is 13.0. The van der Waals surface area contributed by atoms with Crippen molar-refractivity contribution in [2.24, 2.45) is 0 Å². The van der Waals surface area contributed by atoms with E-state index in [0.29, 0.717) is 16.0 Å². The molecule has 3 aromatic carbocycles. The van der Waals surface area contributed by atoms with Gasteiger partial charge < -0.3 is 5.32 Å². The first-order valence-electron chi connectivity index (χ1n) is 9.37. The molecule has 4 aromatic rings. The Morgan fingerprint density at radius 1 is 0.967 bits per heavy atom. The van der Waals surface area contributed by atoms with Crippen LogP contribution in [0.4, 0.5) is 5.69 Å². The van der Waals surface area contributed by atoms with Crippen molar-refractivity contribution in [3.05, 3.63) is 89.4 Å². The lowest BCUT2D eigenvalue weighted by atomic mass is 10.2. The number of nitrogens with one attached hydrogen (secondary N) is 1. The Balaban J connectivity index is 1.60. The summed E-state index contributed by atoms with van der Waals surface area (Å²) in [5.74, 6) is 0.829. The summed E-state index contributed by atoms with van der Waals surface area (Å²) in [4.78, 5) is 12.5. The number of rotatable bonds is 6. The van der Waals surface area contributed by atoms with Gasteiger partial charge in [-0.1, -0.05) is 71.9 Å². The quantitative estimate of drug-likeness (QED) is 0.400. The minimum Gasteiger partial charge on any atom is -0.325 e. The van der Waals surface area contributed by atoms with E-state index < -0.39 is 0 Å². The third-order valence-electron chi connectivity index (χ3n) is 4.50. The maximum Gasteiger partial charge on any atom is 0.234 e. The molecule has 0 spiro atoms. The van der Waals surface area contributed by atoms with E-state index in [1.54, 1.807) is 0 Å². The van der Waals surface area contributed by atoms with Crippen LogP contribution in [0.2, 0.25) is 5.02 Å². The molecule has 150 valence electrons. The second-order valence-electron chi connectivity index (χ2n) is 6.64. The lowest BCUT2D eigenvalue weighted by molar-refractivity contribution is -0.113. The number of aromatic nitrogens is 3. The molecule has 0 fully saturated rings. The van der Waals surface area contributed by atoms with Gasteiger partial charge in [-0.2, -0.15) is 0 Å². The predicted molar refractivity (Wildman–Crippen MR) is 122 cm³/mol. The number of halogens is 1. The summed E-state index contributed by atoms with van der Waals surface area (Å²) < 4.78 is 1.94. The average molecular weight is 435 g/mol. The predicted octanol–water partition coefficient (Wildman–Crippen LogP) is 5.63. The third-order valence-corrected chi connectivity index (χ3v) is 5.68. The van der Waals surface area contributed by atoms with Crippen molar-refractivity contribution < 1.29 is 4.79 Å². The van der Waals surface area contributed by atoms with Gasteiger partial charge in [0.15, 0.2) is 11.0 Å². The Morgan fingerprint density at radius 3 is 2.40 bits per heavy atom. The normalized spacial score (nSPS) is 10.7. The smallest absolute Gasteiger partial charge is 0.234 e. The van der Waals surface area contributed by atoms with Gasteiger partial charge in [0.1, 0.15) is 0 Å². The minimum absolute atomic E-state index is 0.0961.